The number of hydrogen-bond donors (Lipinski definition) is 0. The van der Waals surface area contributed by atoms with Crippen LogP contribution in [-0.2, 0) is 10.0 Å². The summed E-state index contributed by atoms with van der Waals surface area (Å²) in [5.41, 5.74) is 3.32. The number of aromatic nitrogens is 3. The Morgan fingerprint density at radius 1 is 0.972 bits per heavy atom. The minimum atomic E-state index is -3.66. The van der Waals surface area contributed by atoms with E-state index in [-0.39, 0.29) is 22.0 Å². The Labute approximate surface area is 214 Å². The topological polar surface area (TPSA) is 85.2 Å². The van der Waals surface area contributed by atoms with Gasteiger partial charge in [-0.2, -0.15) is 0 Å². The van der Waals surface area contributed by atoms with E-state index in [0.717, 1.165) is 32.9 Å². The van der Waals surface area contributed by atoms with Crippen molar-refractivity contribution in [1.82, 2.24) is 19.1 Å². The lowest BCUT2D eigenvalue weighted by molar-refractivity contribution is 0.101. The van der Waals surface area contributed by atoms with E-state index in [1.807, 2.05) is 36.6 Å². The van der Waals surface area contributed by atoms with Gasteiger partial charge in [-0.3, -0.25) is 9.36 Å². The van der Waals surface area contributed by atoms with Crippen LogP contribution in [0.2, 0.25) is 0 Å². The zero-order chi connectivity index (χ0) is 26.0. The van der Waals surface area contributed by atoms with Crippen molar-refractivity contribution in [1.29, 1.82) is 0 Å². The molecule has 0 N–H and O–H groups in total. The highest BCUT2D eigenvalue weighted by Gasteiger charge is 2.23. The number of thioether (sulfide) groups is 1. The van der Waals surface area contributed by atoms with Crippen molar-refractivity contribution in [2.75, 3.05) is 19.8 Å². The highest BCUT2D eigenvalue weighted by Crippen LogP contribution is 2.32. The van der Waals surface area contributed by atoms with Gasteiger partial charge in [-0.1, -0.05) is 54.2 Å². The number of halogens is 1. The quantitative estimate of drug-likeness (QED) is 0.240. The average Bonchev–Trinajstić information content (AvgIpc) is 3.26. The average molecular weight is 525 g/mol. The number of aryl methyl sites for hydroxylation is 2. The molecular weight excluding hydrogens is 499 g/mol. The number of carbonyl (C=O) groups excluding carboxylic acids is 1. The van der Waals surface area contributed by atoms with Gasteiger partial charge in [0, 0.05) is 19.7 Å². The molecule has 0 fully saturated rings. The van der Waals surface area contributed by atoms with Crippen molar-refractivity contribution in [3.63, 3.8) is 0 Å². The zero-order valence-corrected chi connectivity index (χ0v) is 21.9. The van der Waals surface area contributed by atoms with E-state index in [9.17, 15) is 17.6 Å². The second-order valence-corrected chi connectivity index (χ2v) is 11.5. The molecule has 0 atom stereocenters. The largest absolute Gasteiger partial charge is 0.293 e. The summed E-state index contributed by atoms with van der Waals surface area (Å²) < 4.78 is 42.6. The molecule has 4 rings (SSSR count). The molecule has 0 aliphatic carbocycles. The second-order valence-electron chi connectivity index (χ2n) is 8.39. The predicted molar refractivity (Wildman–Crippen MR) is 139 cm³/mol. The van der Waals surface area contributed by atoms with E-state index in [0.29, 0.717) is 16.5 Å². The molecule has 3 aromatic carbocycles. The minimum absolute atomic E-state index is 0.0185. The Bertz CT molecular complexity index is 1530. The third-order valence-electron chi connectivity index (χ3n) is 5.67. The number of sulfonamides is 1. The summed E-state index contributed by atoms with van der Waals surface area (Å²) in [6, 6.07) is 18.2. The molecule has 4 aromatic rings. The fraction of sp³-hybridized carbons (Fsp3) is 0.192. The standard InChI is InChI=1S/C26H25FN4O3S2/c1-17-9-7-10-18(2)24(17)31-25(19-11-8-12-20(15-19)36(33,34)30(3)4)28-29-26(31)35-16-23(32)21-13-5-6-14-22(21)27/h5-15H,16H2,1-4H3. The first-order valence-corrected chi connectivity index (χ1v) is 13.5. The zero-order valence-electron chi connectivity index (χ0n) is 20.3. The van der Waals surface area contributed by atoms with E-state index < -0.39 is 15.8 Å². The fourth-order valence-electron chi connectivity index (χ4n) is 3.81. The lowest BCUT2D eigenvalue weighted by atomic mass is 10.1. The fourth-order valence-corrected chi connectivity index (χ4v) is 5.58. The van der Waals surface area contributed by atoms with Crippen LogP contribution in [-0.4, -0.2) is 53.1 Å². The smallest absolute Gasteiger partial charge is 0.242 e. The van der Waals surface area contributed by atoms with Gasteiger partial charge in [0.2, 0.25) is 10.0 Å². The van der Waals surface area contributed by atoms with Gasteiger partial charge in [-0.05, 0) is 49.2 Å². The second kappa shape index (κ2) is 10.3. The first-order valence-electron chi connectivity index (χ1n) is 11.1. The molecule has 0 saturated heterocycles. The molecule has 0 bridgehead atoms. The molecule has 0 amide bonds. The first-order chi connectivity index (χ1) is 17.1. The molecule has 0 spiro atoms. The molecule has 10 heteroatoms. The van der Waals surface area contributed by atoms with Crippen molar-refractivity contribution in [2.45, 2.75) is 23.9 Å². The summed E-state index contributed by atoms with van der Waals surface area (Å²) in [5.74, 6) is -0.545. The molecule has 0 aliphatic heterocycles. The SMILES string of the molecule is Cc1cccc(C)c1-n1c(SCC(=O)c2ccccc2F)nnc1-c1cccc(S(=O)(=O)N(C)C)c1. The van der Waals surface area contributed by atoms with E-state index in [2.05, 4.69) is 10.2 Å². The van der Waals surface area contributed by atoms with Crippen LogP contribution >= 0.6 is 11.8 Å². The Morgan fingerprint density at radius 3 is 2.31 bits per heavy atom. The van der Waals surface area contributed by atoms with Crippen LogP contribution in [0.25, 0.3) is 17.1 Å². The highest BCUT2D eigenvalue weighted by atomic mass is 32.2. The molecule has 7 nitrogen and oxygen atoms in total. The minimum Gasteiger partial charge on any atom is -0.293 e. The van der Waals surface area contributed by atoms with Gasteiger partial charge in [-0.25, -0.2) is 17.1 Å². The Morgan fingerprint density at radius 2 is 1.64 bits per heavy atom. The van der Waals surface area contributed by atoms with Gasteiger partial charge in [0.15, 0.2) is 16.8 Å². The molecule has 0 saturated carbocycles. The van der Waals surface area contributed by atoms with Crippen LogP contribution < -0.4 is 0 Å². The van der Waals surface area contributed by atoms with Gasteiger partial charge in [-0.15, -0.1) is 10.2 Å². The third kappa shape index (κ3) is 4.97. The molecule has 0 aliphatic rings. The number of nitrogens with zero attached hydrogens (tertiary/aromatic N) is 4. The number of carbonyl (C=O) groups is 1. The summed E-state index contributed by atoms with van der Waals surface area (Å²) in [6.45, 7) is 3.91. The summed E-state index contributed by atoms with van der Waals surface area (Å²) in [4.78, 5) is 12.9. The van der Waals surface area contributed by atoms with Gasteiger partial charge < -0.3 is 0 Å². The summed E-state index contributed by atoms with van der Waals surface area (Å²) in [7, 11) is -0.711. The maximum absolute atomic E-state index is 14.1. The molecule has 36 heavy (non-hydrogen) atoms. The Balaban J connectivity index is 1.81. The normalized spacial score (nSPS) is 11.7. The van der Waals surface area contributed by atoms with Gasteiger partial charge in [0.1, 0.15) is 5.82 Å². The molecule has 186 valence electrons. The monoisotopic (exact) mass is 524 g/mol. The van der Waals surface area contributed by atoms with Crippen LogP contribution in [0.15, 0.2) is 76.8 Å². The predicted octanol–water partition coefficient (Wildman–Crippen LogP) is 4.92. The van der Waals surface area contributed by atoms with Gasteiger partial charge in [0.05, 0.1) is 21.9 Å². The number of hydrogen-bond acceptors (Lipinski definition) is 6. The maximum Gasteiger partial charge on any atom is 0.242 e. The van der Waals surface area contributed by atoms with Crippen molar-refractivity contribution >= 4 is 27.6 Å². The van der Waals surface area contributed by atoms with Crippen LogP contribution in [0.3, 0.4) is 0 Å². The van der Waals surface area contributed by atoms with E-state index in [1.165, 1.54) is 38.4 Å². The van der Waals surface area contributed by atoms with E-state index in [1.54, 1.807) is 24.3 Å². The molecule has 0 unspecified atom stereocenters. The van der Waals surface area contributed by atoms with Crippen LogP contribution in [0, 0.1) is 19.7 Å². The molecule has 0 radical (unpaired) electrons. The van der Waals surface area contributed by atoms with Gasteiger partial charge in [0.25, 0.3) is 0 Å². The summed E-state index contributed by atoms with van der Waals surface area (Å²) >= 11 is 1.15. The Hall–Kier alpha value is -3.34. The van der Waals surface area contributed by atoms with Crippen LogP contribution in [0.4, 0.5) is 4.39 Å². The summed E-state index contributed by atoms with van der Waals surface area (Å²) in [6.07, 6.45) is 0. The lowest BCUT2D eigenvalue weighted by Crippen LogP contribution is -2.22. The molecule has 1 aromatic heterocycles. The van der Waals surface area contributed by atoms with Crippen molar-refractivity contribution in [3.05, 3.63) is 89.2 Å². The van der Waals surface area contributed by atoms with Crippen molar-refractivity contribution in [2.24, 2.45) is 0 Å². The molecular formula is C26H25FN4O3S2. The van der Waals surface area contributed by atoms with Crippen molar-refractivity contribution in [3.8, 4) is 17.1 Å². The number of rotatable bonds is 8. The van der Waals surface area contributed by atoms with Crippen molar-refractivity contribution < 1.29 is 17.6 Å². The molecule has 1 heterocycles. The maximum atomic E-state index is 14.1. The van der Waals surface area contributed by atoms with E-state index in [4.69, 9.17) is 0 Å². The van der Waals surface area contributed by atoms with Gasteiger partial charge >= 0.3 is 0 Å². The Kier molecular flexibility index (Phi) is 7.39. The van der Waals surface area contributed by atoms with E-state index >= 15 is 0 Å². The number of para-hydroxylation sites is 1. The summed E-state index contributed by atoms with van der Waals surface area (Å²) in [5, 5.41) is 9.15. The van der Waals surface area contributed by atoms with Crippen LogP contribution in [0.5, 0.6) is 0 Å². The third-order valence-corrected chi connectivity index (χ3v) is 8.41. The number of benzene rings is 3. The highest BCUT2D eigenvalue weighted by molar-refractivity contribution is 7.99. The lowest BCUT2D eigenvalue weighted by Gasteiger charge is -2.16. The first kappa shape index (κ1) is 25.7. The van der Waals surface area contributed by atoms with Crippen LogP contribution in [0.1, 0.15) is 21.5 Å². The number of Topliss-reactive ketones (excluding diaryl/α,β-unsaturated/α-hetero) is 1. The number of ketones is 1.